The fourth-order valence-electron chi connectivity index (χ4n) is 2.05. The molecule has 0 spiro atoms. The second-order valence-electron chi connectivity index (χ2n) is 4.36. The smallest absolute Gasteiger partial charge is 0.133 e. The Balaban J connectivity index is 2.39. The highest BCUT2D eigenvalue weighted by Gasteiger charge is 2.17. The molecular weight excluding hydrogens is 356 g/mol. The van der Waals surface area contributed by atoms with Gasteiger partial charge in [-0.15, -0.1) is 11.6 Å². The maximum absolute atomic E-state index is 6.60. The summed E-state index contributed by atoms with van der Waals surface area (Å²) in [6.07, 6.45) is 0. The van der Waals surface area contributed by atoms with Crippen LogP contribution in [0, 0.1) is 0 Å². The highest BCUT2D eigenvalue weighted by atomic mass is 79.9. The molecule has 21 heavy (non-hydrogen) atoms. The lowest BCUT2D eigenvalue weighted by molar-refractivity contribution is 0.391. The molecule has 0 saturated heterocycles. The first-order valence-corrected chi connectivity index (χ1v) is 7.53. The van der Waals surface area contributed by atoms with Crippen LogP contribution in [0.4, 0.5) is 0 Å². The van der Waals surface area contributed by atoms with Gasteiger partial charge in [-0.1, -0.05) is 6.07 Å². The molecule has 0 amide bonds. The van der Waals surface area contributed by atoms with E-state index in [0.717, 1.165) is 27.1 Å². The average Bonchev–Trinajstić information content (AvgIpc) is 2.53. The zero-order valence-electron chi connectivity index (χ0n) is 12.0. The van der Waals surface area contributed by atoms with Gasteiger partial charge in [0.25, 0.3) is 0 Å². The van der Waals surface area contributed by atoms with Gasteiger partial charge in [-0.3, -0.25) is 0 Å². The molecule has 0 heterocycles. The lowest BCUT2D eigenvalue weighted by Crippen LogP contribution is -1.99. The topological polar surface area (TPSA) is 27.7 Å². The molecule has 112 valence electrons. The zero-order valence-corrected chi connectivity index (χ0v) is 14.4. The molecule has 2 aromatic carbocycles. The molecule has 0 aromatic heterocycles. The van der Waals surface area contributed by atoms with Crippen molar-refractivity contribution in [1.29, 1.82) is 0 Å². The van der Waals surface area contributed by atoms with Crippen molar-refractivity contribution in [3.63, 3.8) is 0 Å². The van der Waals surface area contributed by atoms with Crippen LogP contribution in [0.3, 0.4) is 0 Å². The lowest BCUT2D eigenvalue weighted by Gasteiger charge is -2.16. The molecule has 5 heteroatoms. The minimum absolute atomic E-state index is 0.326. The highest BCUT2D eigenvalue weighted by molar-refractivity contribution is 9.10. The normalized spacial score (nSPS) is 11.9. The van der Waals surface area contributed by atoms with Crippen molar-refractivity contribution < 1.29 is 14.2 Å². The van der Waals surface area contributed by atoms with Crippen LogP contribution in [0.25, 0.3) is 0 Å². The van der Waals surface area contributed by atoms with E-state index in [0.29, 0.717) is 5.75 Å². The van der Waals surface area contributed by atoms with E-state index >= 15 is 0 Å². The molecule has 2 aromatic rings. The van der Waals surface area contributed by atoms with Gasteiger partial charge in [-0.2, -0.15) is 0 Å². The fraction of sp³-hybridized carbons (Fsp3) is 0.250. The predicted molar refractivity (Wildman–Crippen MR) is 87.9 cm³/mol. The van der Waals surface area contributed by atoms with E-state index in [4.69, 9.17) is 25.8 Å². The van der Waals surface area contributed by atoms with Crippen molar-refractivity contribution >= 4 is 27.5 Å². The molecule has 1 atom stereocenters. The van der Waals surface area contributed by atoms with Gasteiger partial charge in [-0.05, 0) is 45.8 Å². The Bertz CT molecular complexity index is 631. The van der Waals surface area contributed by atoms with Gasteiger partial charge in [0.05, 0.1) is 31.2 Å². The first-order valence-electron chi connectivity index (χ1n) is 6.30. The van der Waals surface area contributed by atoms with E-state index in [-0.39, 0.29) is 5.38 Å². The molecule has 2 rings (SSSR count). The monoisotopic (exact) mass is 370 g/mol. The average molecular weight is 372 g/mol. The summed E-state index contributed by atoms with van der Waals surface area (Å²) in [5, 5.41) is -0.326. The second kappa shape index (κ2) is 7.05. The molecule has 0 saturated carbocycles. The summed E-state index contributed by atoms with van der Waals surface area (Å²) in [6, 6.07) is 11.4. The molecule has 0 fully saturated rings. The minimum Gasteiger partial charge on any atom is -0.497 e. The van der Waals surface area contributed by atoms with Crippen LogP contribution >= 0.6 is 27.5 Å². The Morgan fingerprint density at radius 2 is 1.62 bits per heavy atom. The summed E-state index contributed by atoms with van der Waals surface area (Å²) in [4.78, 5) is 0. The van der Waals surface area contributed by atoms with Crippen LogP contribution in [0.1, 0.15) is 16.5 Å². The largest absolute Gasteiger partial charge is 0.497 e. The summed E-state index contributed by atoms with van der Waals surface area (Å²) in [5.41, 5.74) is 1.84. The number of benzene rings is 2. The molecule has 0 bridgehead atoms. The van der Waals surface area contributed by atoms with Crippen LogP contribution in [0.2, 0.25) is 0 Å². The van der Waals surface area contributed by atoms with E-state index in [1.807, 2.05) is 36.4 Å². The molecule has 1 unspecified atom stereocenters. The third-order valence-corrected chi connectivity index (χ3v) is 4.29. The molecular formula is C16H16BrClO3. The van der Waals surface area contributed by atoms with E-state index in [1.165, 1.54) is 0 Å². The SMILES string of the molecule is COc1ccc(C(Cl)c2ccc(OC)c(Br)c2)c(OC)c1. The van der Waals surface area contributed by atoms with Crippen molar-refractivity contribution in [3.8, 4) is 17.2 Å². The third kappa shape index (κ3) is 3.44. The maximum atomic E-state index is 6.60. The second-order valence-corrected chi connectivity index (χ2v) is 5.66. The van der Waals surface area contributed by atoms with Gasteiger partial charge in [-0.25, -0.2) is 0 Å². The maximum Gasteiger partial charge on any atom is 0.133 e. The van der Waals surface area contributed by atoms with E-state index in [9.17, 15) is 0 Å². The fourth-order valence-corrected chi connectivity index (χ4v) is 2.92. The number of alkyl halides is 1. The summed E-state index contributed by atoms with van der Waals surface area (Å²) in [7, 11) is 4.86. The lowest BCUT2D eigenvalue weighted by atomic mass is 10.0. The number of hydrogen-bond donors (Lipinski definition) is 0. The number of halogens is 2. The Kier molecular flexibility index (Phi) is 5.37. The summed E-state index contributed by atoms with van der Waals surface area (Å²) in [6.45, 7) is 0. The Labute approximate surface area is 137 Å². The minimum atomic E-state index is -0.326. The summed E-state index contributed by atoms with van der Waals surface area (Å²) in [5.74, 6) is 2.20. The first-order chi connectivity index (χ1) is 10.1. The van der Waals surface area contributed by atoms with Gasteiger partial charge < -0.3 is 14.2 Å². The quantitative estimate of drug-likeness (QED) is 0.706. The van der Waals surface area contributed by atoms with Gasteiger partial charge in [0, 0.05) is 11.6 Å². The van der Waals surface area contributed by atoms with Gasteiger partial charge in [0.15, 0.2) is 0 Å². The summed E-state index contributed by atoms with van der Waals surface area (Å²) < 4.78 is 16.7. The first kappa shape index (κ1) is 16.0. The van der Waals surface area contributed by atoms with E-state index in [2.05, 4.69) is 15.9 Å². The van der Waals surface area contributed by atoms with Crippen molar-refractivity contribution in [1.82, 2.24) is 0 Å². The van der Waals surface area contributed by atoms with E-state index < -0.39 is 0 Å². The van der Waals surface area contributed by atoms with Crippen molar-refractivity contribution in [2.75, 3.05) is 21.3 Å². The van der Waals surface area contributed by atoms with Crippen LogP contribution in [0.15, 0.2) is 40.9 Å². The van der Waals surface area contributed by atoms with Crippen molar-refractivity contribution in [2.24, 2.45) is 0 Å². The third-order valence-electron chi connectivity index (χ3n) is 3.18. The van der Waals surface area contributed by atoms with Crippen LogP contribution in [-0.4, -0.2) is 21.3 Å². The van der Waals surface area contributed by atoms with Gasteiger partial charge in [0.1, 0.15) is 17.2 Å². The van der Waals surface area contributed by atoms with Crippen molar-refractivity contribution in [3.05, 3.63) is 52.0 Å². The van der Waals surface area contributed by atoms with Gasteiger partial charge in [0.2, 0.25) is 0 Å². The zero-order chi connectivity index (χ0) is 15.4. The van der Waals surface area contributed by atoms with Gasteiger partial charge >= 0.3 is 0 Å². The molecule has 0 N–H and O–H groups in total. The Morgan fingerprint density at radius 1 is 0.905 bits per heavy atom. The molecule has 0 aliphatic carbocycles. The molecule has 0 aliphatic heterocycles. The number of ether oxygens (including phenoxy) is 3. The highest BCUT2D eigenvalue weighted by Crippen LogP contribution is 2.39. The molecule has 0 aliphatic rings. The predicted octanol–water partition coefficient (Wildman–Crippen LogP) is 4.80. The van der Waals surface area contributed by atoms with Crippen molar-refractivity contribution in [2.45, 2.75) is 5.38 Å². The van der Waals surface area contributed by atoms with Crippen LogP contribution < -0.4 is 14.2 Å². The summed E-state index contributed by atoms with van der Waals surface area (Å²) >= 11 is 10.1. The molecule has 3 nitrogen and oxygen atoms in total. The standard InChI is InChI=1S/C16H16BrClO3/c1-19-11-5-6-12(15(9-11)21-3)16(18)10-4-7-14(20-2)13(17)8-10/h4-9,16H,1-3H3. The van der Waals surface area contributed by atoms with E-state index in [1.54, 1.807) is 21.3 Å². The number of rotatable bonds is 5. The van der Waals surface area contributed by atoms with Crippen LogP contribution in [-0.2, 0) is 0 Å². The number of methoxy groups -OCH3 is 3. The molecule has 0 radical (unpaired) electrons. The Hall–Kier alpha value is -1.39. The Morgan fingerprint density at radius 3 is 2.19 bits per heavy atom. The van der Waals surface area contributed by atoms with Crippen LogP contribution in [0.5, 0.6) is 17.2 Å². The number of hydrogen-bond acceptors (Lipinski definition) is 3.